The molecule has 0 saturated heterocycles. The van der Waals surface area contributed by atoms with Gasteiger partial charge in [0.2, 0.25) is 0 Å². The zero-order valence-electron chi connectivity index (χ0n) is 11.0. The van der Waals surface area contributed by atoms with E-state index in [1.807, 2.05) is 29.2 Å². The first-order valence-corrected chi connectivity index (χ1v) is 8.91. The highest BCUT2D eigenvalue weighted by molar-refractivity contribution is 9.11. The molecule has 0 bridgehead atoms. The molecule has 0 atom stereocenters. The Morgan fingerprint density at radius 1 is 1.24 bits per heavy atom. The third-order valence-electron chi connectivity index (χ3n) is 3.37. The van der Waals surface area contributed by atoms with Crippen LogP contribution >= 0.6 is 50.5 Å². The molecule has 0 radical (unpaired) electrons. The van der Waals surface area contributed by atoms with Crippen molar-refractivity contribution >= 4 is 56.4 Å². The zero-order valence-corrected chi connectivity index (χ0v) is 14.9. The summed E-state index contributed by atoms with van der Waals surface area (Å²) in [5.41, 5.74) is 1.00. The van der Waals surface area contributed by atoms with Crippen LogP contribution in [0, 0.1) is 0 Å². The van der Waals surface area contributed by atoms with Gasteiger partial charge in [-0.15, -0.1) is 11.3 Å². The molecule has 21 heavy (non-hydrogen) atoms. The molecule has 1 heterocycles. The first-order chi connectivity index (χ1) is 10.0. The molecule has 0 unspecified atom stereocenters. The molecule has 1 aliphatic carbocycles. The Balaban J connectivity index is 1.81. The Morgan fingerprint density at radius 2 is 2.00 bits per heavy atom. The van der Waals surface area contributed by atoms with E-state index in [9.17, 15) is 4.79 Å². The molecule has 2 nitrogen and oxygen atoms in total. The van der Waals surface area contributed by atoms with Crippen LogP contribution in [0.1, 0.15) is 28.1 Å². The van der Waals surface area contributed by atoms with Crippen LogP contribution in [0.3, 0.4) is 0 Å². The maximum absolute atomic E-state index is 12.7. The molecule has 0 N–H and O–H groups in total. The fourth-order valence-electron chi connectivity index (χ4n) is 2.16. The highest BCUT2D eigenvalue weighted by Crippen LogP contribution is 2.33. The van der Waals surface area contributed by atoms with E-state index in [-0.39, 0.29) is 5.91 Å². The van der Waals surface area contributed by atoms with Crippen LogP contribution < -0.4 is 0 Å². The Bertz CT molecular complexity index is 684. The number of carbonyl (C=O) groups is 1. The summed E-state index contributed by atoms with van der Waals surface area (Å²) >= 11 is 16.9. The van der Waals surface area contributed by atoms with Crippen LogP contribution in [0.5, 0.6) is 0 Å². The summed E-state index contributed by atoms with van der Waals surface area (Å²) in [6, 6.07) is 9.63. The minimum Gasteiger partial charge on any atom is -0.331 e. The minimum atomic E-state index is 0.0827. The number of hydrogen-bond donors (Lipinski definition) is 0. The van der Waals surface area contributed by atoms with Crippen molar-refractivity contribution in [3.8, 4) is 0 Å². The van der Waals surface area contributed by atoms with E-state index in [2.05, 4.69) is 15.9 Å². The predicted octanol–water partition coefficient (Wildman–Crippen LogP) is 5.62. The van der Waals surface area contributed by atoms with Crippen molar-refractivity contribution in [3.05, 3.63) is 54.6 Å². The maximum Gasteiger partial charge on any atom is 0.264 e. The Morgan fingerprint density at radius 3 is 2.57 bits per heavy atom. The number of rotatable bonds is 4. The number of carbonyl (C=O) groups excluding carboxylic acids is 1. The molecule has 110 valence electrons. The van der Waals surface area contributed by atoms with Gasteiger partial charge in [0.15, 0.2) is 0 Å². The largest absolute Gasteiger partial charge is 0.331 e. The van der Waals surface area contributed by atoms with Gasteiger partial charge in [-0.1, -0.05) is 29.3 Å². The SMILES string of the molecule is O=C(c1ccc(Br)s1)N(Cc1ccc(Cl)c(Cl)c1)C1CC1. The van der Waals surface area contributed by atoms with Gasteiger partial charge in [0, 0.05) is 12.6 Å². The van der Waals surface area contributed by atoms with E-state index in [1.165, 1.54) is 11.3 Å². The third-order valence-corrected chi connectivity index (χ3v) is 5.72. The smallest absolute Gasteiger partial charge is 0.264 e. The molecule has 1 aromatic carbocycles. The topological polar surface area (TPSA) is 20.3 Å². The molecule has 1 aliphatic rings. The highest BCUT2D eigenvalue weighted by Gasteiger charge is 2.33. The van der Waals surface area contributed by atoms with Gasteiger partial charge in [-0.25, -0.2) is 0 Å². The van der Waals surface area contributed by atoms with Crippen molar-refractivity contribution in [2.45, 2.75) is 25.4 Å². The lowest BCUT2D eigenvalue weighted by atomic mass is 10.2. The summed E-state index contributed by atoms with van der Waals surface area (Å²) in [6.07, 6.45) is 2.14. The Hall–Kier alpha value is -0.550. The molecule has 6 heteroatoms. The predicted molar refractivity (Wildman–Crippen MR) is 91.4 cm³/mol. The first-order valence-electron chi connectivity index (χ1n) is 6.55. The van der Waals surface area contributed by atoms with Gasteiger partial charge in [0.1, 0.15) is 0 Å². The normalized spacial score (nSPS) is 14.2. The fraction of sp³-hybridized carbons (Fsp3) is 0.267. The standard InChI is InChI=1S/C15H12BrCl2NOS/c16-14-6-5-13(21-14)15(20)19(10-2-3-10)8-9-1-4-11(17)12(18)7-9/h1,4-7,10H,2-3,8H2. The number of amides is 1. The summed E-state index contributed by atoms with van der Waals surface area (Å²) in [7, 11) is 0. The van der Waals surface area contributed by atoms with Crippen LogP contribution in [-0.4, -0.2) is 16.8 Å². The lowest BCUT2D eigenvalue weighted by Crippen LogP contribution is -2.32. The van der Waals surface area contributed by atoms with Gasteiger partial charge >= 0.3 is 0 Å². The number of benzene rings is 1. The number of halogens is 3. The van der Waals surface area contributed by atoms with Gasteiger partial charge in [-0.2, -0.15) is 0 Å². The molecule has 1 fully saturated rings. The van der Waals surface area contributed by atoms with Crippen LogP contribution in [0.15, 0.2) is 34.1 Å². The van der Waals surface area contributed by atoms with Crippen molar-refractivity contribution < 1.29 is 4.79 Å². The number of nitrogens with zero attached hydrogens (tertiary/aromatic N) is 1. The summed E-state index contributed by atoms with van der Waals surface area (Å²) in [4.78, 5) is 15.3. The van der Waals surface area contributed by atoms with E-state index < -0.39 is 0 Å². The molecule has 1 aromatic heterocycles. The minimum absolute atomic E-state index is 0.0827. The molecule has 3 rings (SSSR count). The number of hydrogen-bond acceptors (Lipinski definition) is 2. The van der Waals surface area contributed by atoms with Crippen molar-refractivity contribution in [2.24, 2.45) is 0 Å². The highest BCUT2D eigenvalue weighted by atomic mass is 79.9. The van der Waals surface area contributed by atoms with E-state index in [0.29, 0.717) is 22.6 Å². The van der Waals surface area contributed by atoms with Crippen molar-refractivity contribution in [1.29, 1.82) is 0 Å². The molecule has 0 aliphatic heterocycles. The average molecular weight is 405 g/mol. The van der Waals surface area contributed by atoms with Crippen molar-refractivity contribution in [2.75, 3.05) is 0 Å². The second-order valence-corrected chi connectivity index (χ2v) is 8.29. The summed E-state index contributed by atoms with van der Waals surface area (Å²) in [5.74, 6) is 0.0827. The summed E-state index contributed by atoms with van der Waals surface area (Å²) in [5, 5.41) is 1.06. The maximum atomic E-state index is 12.7. The molecule has 1 saturated carbocycles. The van der Waals surface area contributed by atoms with Gasteiger partial charge < -0.3 is 4.90 Å². The van der Waals surface area contributed by atoms with Gasteiger partial charge in [0.05, 0.1) is 18.7 Å². The second-order valence-electron chi connectivity index (χ2n) is 5.02. The summed E-state index contributed by atoms with van der Waals surface area (Å²) in [6.45, 7) is 0.565. The van der Waals surface area contributed by atoms with Crippen LogP contribution in [0.25, 0.3) is 0 Å². The zero-order chi connectivity index (χ0) is 15.0. The van der Waals surface area contributed by atoms with Gasteiger partial charge in [-0.3, -0.25) is 4.79 Å². The second kappa shape index (κ2) is 6.29. The van der Waals surface area contributed by atoms with E-state index >= 15 is 0 Å². The van der Waals surface area contributed by atoms with Gasteiger partial charge in [-0.05, 0) is 58.6 Å². The molecular weight excluding hydrogens is 393 g/mol. The van der Waals surface area contributed by atoms with Crippen molar-refractivity contribution in [1.82, 2.24) is 4.90 Å². The van der Waals surface area contributed by atoms with Crippen molar-refractivity contribution in [3.63, 3.8) is 0 Å². The monoisotopic (exact) mass is 403 g/mol. The molecule has 2 aromatic rings. The molecule has 0 spiro atoms. The molecule has 1 amide bonds. The fourth-order valence-corrected chi connectivity index (χ4v) is 3.82. The van der Waals surface area contributed by atoms with E-state index in [4.69, 9.17) is 23.2 Å². The molecular formula is C15H12BrCl2NOS. The third kappa shape index (κ3) is 3.62. The van der Waals surface area contributed by atoms with Crippen LogP contribution in [-0.2, 0) is 6.54 Å². The first kappa shape index (κ1) is 15.3. The summed E-state index contributed by atoms with van der Waals surface area (Å²) < 4.78 is 0.969. The number of thiophene rings is 1. The van der Waals surface area contributed by atoms with Crippen LogP contribution in [0.4, 0.5) is 0 Å². The quantitative estimate of drug-likeness (QED) is 0.647. The van der Waals surface area contributed by atoms with E-state index in [0.717, 1.165) is 27.1 Å². The lowest BCUT2D eigenvalue weighted by molar-refractivity contribution is 0.0735. The van der Waals surface area contributed by atoms with E-state index in [1.54, 1.807) is 6.07 Å². The van der Waals surface area contributed by atoms with Crippen LogP contribution in [0.2, 0.25) is 10.0 Å². The average Bonchev–Trinajstić information content (AvgIpc) is 3.20. The Kier molecular flexibility index (Phi) is 4.60. The lowest BCUT2D eigenvalue weighted by Gasteiger charge is -2.22. The Labute approximate surface area is 145 Å². The van der Waals surface area contributed by atoms with Gasteiger partial charge in [0.25, 0.3) is 5.91 Å².